The third kappa shape index (κ3) is 3.91. The van der Waals surface area contributed by atoms with Crippen molar-refractivity contribution < 1.29 is 9.53 Å². The molecule has 0 spiro atoms. The first kappa shape index (κ1) is 13.7. The largest absolute Gasteiger partial charge is 0.497 e. The molecule has 0 aliphatic carbocycles. The molecule has 0 heterocycles. The van der Waals surface area contributed by atoms with Crippen molar-refractivity contribution in [2.45, 2.75) is 6.54 Å². The lowest BCUT2D eigenvalue weighted by molar-refractivity contribution is 0.251. The van der Waals surface area contributed by atoms with Crippen LogP contribution < -0.4 is 21.1 Å². The van der Waals surface area contributed by atoms with Crippen LogP contribution in [0.2, 0.25) is 0 Å². The Hall–Kier alpha value is -2.69. The van der Waals surface area contributed by atoms with Crippen molar-refractivity contribution in [3.63, 3.8) is 0 Å². The summed E-state index contributed by atoms with van der Waals surface area (Å²) in [4.78, 5) is 11.7. The molecule has 0 unspecified atom stereocenters. The van der Waals surface area contributed by atoms with E-state index in [0.29, 0.717) is 17.9 Å². The quantitative estimate of drug-likeness (QED) is 0.748. The van der Waals surface area contributed by atoms with E-state index in [1.165, 1.54) is 0 Å². The summed E-state index contributed by atoms with van der Waals surface area (Å²) < 4.78 is 5.05. The third-order valence-corrected chi connectivity index (χ3v) is 2.75. The van der Waals surface area contributed by atoms with Gasteiger partial charge in [0.1, 0.15) is 5.75 Å². The molecule has 0 fully saturated rings. The van der Waals surface area contributed by atoms with Gasteiger partial charge in [-0.2, -0.15) is 0 Å². The fourth-order valence-corrected chi connectivity index (χ4v) is 1.74. The highest BCUT2D eigenvalue weighted by molar-refractivity contribution is 5.89. The summed E-state index contributed by atoms with van der Waals surface area (Å²) in [5.41, 5.74) is 8.01. The average Bonchev–Trinajstić information content (AvgIpc) is 2.46. The number of carbonyl (C=O) groups is 1. The van der Waals surface area contributed by atoms with Gasteiger partial charge in [-0.05, 0) is 42.0 Å². The van der Waals surface area contributed by atoms with Crippen LogP contribution >= 0.6 is 0 Å². The van der Waals surface area contributed by atoms with Crippen molar-refractivity contribution in [3.8, 4) is 5.75 Å². The highest BCUT2D eigenvalue weighted by atomic mass is 16.5. The van der Waals surface area contributed by atoms with Crippen LogP contribution in [0.25, 0.3) is 0 Å². The van der Waals surface area contributed by atoms with Gasteiger partial charge in [0, 0.05) is 17.9 Å². The summed E-state index contributed by atoms with van der Waals surface area (Å²) in [7, 11) is 1.60. The van der Waals surface area contributed by atoms with E-state index in [4.69, 9.17) is 10.5 Å². The van der Waals surface area contributed by atoms with E-state index in [0.717, 1.165) is 11.3 Å². The Morgan fingerprint density at radius 2 is 1.95 bits per heavy atom. The van der Waals surface area contributed by atoms with E-state index in [1.54, 1.807) is 37.4 Å². The number of rotatable bonds is 4. The molecule has 0 bridgehead atoms. The normalized spacial score (nSPS) is 9.85. The van der Waals surface area contributed by atoms with Crippen molar-refractivity contribution in [1.82, 2.24) is 5.32 Å². The maximum absolute atomic E-state index is 11.7. The topological polar surface area (TPSA) is 76.4 Å². The maximum atomic E-state index is 11.7. The molecule has 2 aromatic rings. The number of nitrogens with one attached hydrogen (secondary N) is 2. The Morgan fingerprint density at radius 3 is 2.60 bits per heavy atom. The predicted molar refractivity (Wildman–Crippen MR) is 79.7 cm³/mol. The summed E-state index contributed by atoms with van der Waals surface area (Å²) in [6.45, 7) is 0.424. The molecule has 5 heteroatoms. The van der Waals surface area contributed by atoms with E-state index in [1.807, 2.05) is 18.2 Å². The fourth-order valence-electron chi connectivity index (χ4n) is 1.74. The minimum atomic E-state index is -0.266. The smallest absolute Gasteiger partial charge is 0.319 e. The summed E-state index contributed by atoms with van der Waals surface area (Å²) >= 11 is 0. The van der Waals surface area contributed by atoms with Gasteiger partial charge >= 0.3 is 6.03 Å². The highest BCUT2D eigenvalue weighted by Crippen LogP contribution is 2.14. The maximum Gasteiger partial charge on any atom is 0.319 e. The van der Waals surface area contributed by atoms with Crippen molar-refractivity contribution >= 4 is 17.4 Å². The number of anilines is 2. The molecule has 2 amide bonds. The van der Waals surface area contributed by atoms with Crippen molar-refractivity contribution in [1.29, 1.82) is 0 Å². The van der Waals surface area contributed by atoms with Gasteiger partial charge in [0.05, 0.1) is 7.11 Å². The van der Waals surface area contributed by atoms with Crippen molar-refractivity contribution in [2.24, 2.45) is 0 Å². The van der Waals surface area contributed by atoms with Crippen molar-refractivity contribution in [2.75, 3.05) is 18.2 Å². The lowest BCUT2D eigenvalue weighted by atomic mass is 10.2. The number of hydrogen-bond acceptors (Lipinski definition) is 3. The number of methoxy groups -OCH3 is 1. The molecule has 0 atom stereocenters. The number of benzene rings is 2. The Bertz CT molecular complexity index is 582. The Balaban J connectivity index is 1.85. The molecule has 0 saturated carbocycles. The Morgan fingerprint density at radius 1 is 1.20 bits per heavy atom. The molecule has 5 nitrogen and oxygen atoms in total. The fraction of sp³-hybridized carbons (Fsp3) is 0.133. The van der Waals surface area contributed by atoms with Crippen LogP contribution in [-0.2, 0) is 6.54 Å². The average molecular weight is 271 g/mol. The zero-order valence-electron chi connectivity index (χ0n) is 11.2. The van der Waals surface area contributed by atoms with Crippen LogP contribution in [0, 0.1) is 0 Å². The molecule has 0 aliphatic rings. The second-order valence-corrected chi connectivity index (χ2v) is 4.28. The van der Waals surface area contributed by atoms with Crippen LogP contribution in [0.1, 0.15) is 5.56 Å². The first-order valence-electron chi connectivity index (χ1n) is 6.21. The standard InChI is InChI=1S/C15H17N3O2/c1-20-14-7-5-13(6-8-14)18-15(19)17-10-11-3-2-4-12(16)9-11/h2-9H,10,16H2,1H3,(H2,17,18,19). The zero-order chi connectivity index (χ0) is 14.4. The van der Waals surface area contributed by atoms with E-state index >= 15 is 0 Å². The SMILES string of the molecule is COc1ccc(NC(=O)NCc2cccc(N)c2)cc1. The van der Waals surface area contributed by atoms with Crippen LogP contribution in [0.15, 0.2) is 48.5 Å². The zero-order valence-corrected chi connectivity index (χ0v) is 11.2. The molecular weight excluding hydrogens is 254 g/mol. The minimum absolute atomic E-state index is 0.266. The van der Waals surface area contributed by atoms with Gasteiger partial charge < -0.3 is 21.1 Å². The molecule has 20 heavy (non-hydrogen) atoms. The van der Waals surface area contributed by atoms with Crippen LogP contribution in [-0.4, -0.2) is 13.1 Å². The summed E-state index contributed by atoms with van der Waals surface area (Å²) in [5, 5.41) is 5.51. The lowest BCUT2D eigenvalue weighted by Crippen LogP contribution is -2.28. The van der Waals surface area contributed by atoms with Gasteiger partial charge in [0.2, 0.25) is 0 Å². The molecule has 104 valence electrons. The number of ether oxygens (including phenoxy) is 1. The van der Waals surface area contributed by atoms with E-state index < -0.39 is 0 Å². The molecule has 2 rings (SSSR count). The number of carbonyl (C=O) groups excluding carboxylic acids is 1. The van der Waals surface area contributed by atoms with E-state index in [9.17, 15) is 4.79 Å². The predicted octanol–water partition coefficient (Wildman–Crippen LogP) is 2.60. The molecule has 0 radical (unpaired) electrons. The molecular formula is C15H17N3O2. The second kappa shape index (κ2) is 6.47. The minimum Gasteiger partial charge on any atom is -0.497 e. The Kier molecular flexibility index (Phi) is 4.44. The summed E-state index contributed by atoms with van der Waals surface area (Å²) in [6.07, 6.45) is 0. The number of amides is 2. The van der Waals surface area contributed by atoms with Crippen LogP contribution in [0.3, 0.4) is 0 Å². The van der Waals surface area contributed by atoms with Gasteiger partial charge in [-0.1, -0.05) is 12.1 Å². The summed E-state index contributed by atoms with van der Waals surface area (Å²) in [6, 6.07) is 14.3. The monoisotopic (exact) mass is 271 g/mol. The number of nitrogens with two attached hydrogens (primary N) is 1. The van der Waals surface area contributed by atoms with Crippen LogP contribution in [0.4, 0.5) is 16.2 Å². The number of hydrogen-bond donors (Lipinski definition) is 3. The number of nitrogen functional groups attached to an aromatic ring is 1. The first-order valence-corrected chi connectivity index (χ1v) is 6.21. The van der Waals surface area contributed by atoms with Gasteiger partial charge in [-0.25, -0.2) is 4.79 Å². The van der Waals surface area contributed by atoms with Gasteiger partial charge in [-0.3, -0.25) is 0 Å². The van der Waals surface area contributed by atoms with Crippen molar-refractivity contribution in [3.05, 3.63) is 54.1 Å². The molecule has 4 N–H and O–H groups in total. The molecule has 0 aliphatic heterocycles. The van der Waals surface area contributed by atoms with Gasteiger partial charge in [0.25, 0.3) is 0 Å². The van der Waals surface area contributed by atoms with Gasteiger partial charge in [0.15, 0.2) is 0 Å². The highest BCUT2D eigenvalue weighted by Gasteiger charge is 2.02. The van der Waals surface area contributed by atoms with E-state index in [-0.39, 0.29) is 6.03 Å². The Labute approximate surface area is 117 Å². The first-order chi connectivity index (χ1) is 9.67. The molecule has 0 saturated heterocycles. The van der Waals surface area contributed by atoms with Gasteiger partial charge in [-0.15, -0.1) is 0 Å². The second-order valence-electron chi connectivity index (χ2n) is 4.28. The number of urea groups is 1. The molecule has 0 aromatic heterocycles. The molecule has 2 aromatic carbocycles. The van der Waals surface area contributed by atoms with Crippen LogP contribution in [0.5, 0.6) is 5.75 Å². The third-order valence-electron chi connectivity index (χ3n) is 2.75. The summed E-state index contributed by atoms with van der Waals surface area (Å²) in [5.74, 6) is 0.746. The van der Waals surface area contributed by atoms with E-state index in [2.05, 4.69) is 10.6 Å². The lowest BCUT2D eigenvalue weighted by Gasteiger charge is -2.08.